The van der Waals surface area contributed by atoms with Gasteiger partial charge in [0.2, 0.25) is 0 Å². The summed E-state index contributed by atoms with van der Waals surface area (Å²) in [5.41, 5.74) is -0.843. The molecule has 5 unspecified atom stereocenters. The molecule has 8 aromatic rings. The molecule has 13 rings (SSSR count). The molecule has 0 radical (unpaired) electrons. The van der Waals surface area contributed by atoms with Crippen LogP contribution in [-0.4, -0.2) is 0 Å². The molecule has 5 atom stereocenters. The maximum absolute atomic E-state index is 10.3. The summed E-state index contributed by atoms with van der Waals surface area (Å²) in [5.74, 6) is -2.47. The van der Waals surface area contributed by atoms with Crippen molar-refractivity contribution in [3.05, 3.63) is 220 Å². The van der Waals surface area contributed by atoms with E-state index in [1.54, 1.807) is 30.3 Å². The van der Waals surface area contributed by atoms with E-state index in [-0.39, 0.29) is 111 Å². The van der Waals surface area contributed by atoms with Crippen LogP contribution < -0.4 is 4.90 Å². The number of para-hydroxylation sites is 1. The fourth-order valence-corrected chi connectivity index (χ4v) is 10.9. The third kappa shape index (κ3) is 4.53. The minimum absolute atomic E-state index is 0.00101. The van der Waals surface area contributed by atoms with Crippen LogP contribution in [0.25, 0.3) is 44.5 Å². The van der Waals surface area contributed by atoms with Gasteiger partial charge in [0.1, 0.15) is 0 Å². The lowest BCUT2D eigenvalue weighted by Gasteiger charge is -2.39. The van der Waals surface area contributed by atoms with Crippen molar-refractivity contribution in [2.75, 3.05) is 4.90 Å². The summed E-state index contributed by atoms with van der Waals surface area (Å²) in [7, 11) is 0. The van der Waals surface area contributed by atoms with Crippen molar-refractivity contribution in [1.82, 2.24) is 0 Å². The monoisotopic (exact) mass is 793 g/mol. The molecule has 0 saturated heterocycles. The third-order valence-electron chi connectivity index (χ3n) is 13.5. The first kappa shape index (κ1) is 18.9. The lowest BCUT2D eigenvalue weighted by Crippen LogP contribution is -2.35. The Morgan fingerprint density at radius 3 is 2.10 bits per heavy atom. The maximum Gasteiger partial charge on any atom is 0.0645 e. The minimum Gasteiger partial charge on any atom is -0.310 e. The number of anilines is 3. The third-order valence-corrected chi connectivity index (χ3v) is 13.5. The molecule has 0 bridgehead atoms. The van der Waals surface area contributed by atoms with E-state index in [1.807, 2.05) is 13.8 Å². The van der Waals surface area contributed by atoms with Gasteiger partial charge in [-0.3, -0.25) is 0 Å². The first-order chi connectivity index (χ1) is 39.0. The van der Waals surface area contributed by atoms with Crippen LogP contribution in [0, 0.1) is 5.92 Å². The molecule has 0 aromatic heterocycles. The Labute approximate surface area is 386 Å². The van der Waals surface area contributed by atoms with Crippen LogP contribution in [0.1, 0.15) is 121 Å². The maximum atomic E-state index is 10.3. The molecule has 5 aliphatic rings. The van der Waals surface area contributed by atoms with Gasteiger partial charge in [-0.1, -0.05) is 172 Å². The summed E-state index contributed by atoms with van der Waals surface area (Å²) < 4.78 is 215. The van der Waals surface area contributed by atoms with Gasteiger partial charge in [0.15, 0.2) is 0 Å². The number of nitrogens with zero attached hydrogens (tertiary/aromatic N) is 1. The van der Waals surface area contributed by atoms with Gasteiger partial charge in [0.05, 0.1) is 38.5 Å². The topological polar surface area (TPSA) is 3.24 Å². The molecule has 0 amide bonds. The Morgan fingerprint density at radius 1 is 0.533 bits per heavy atom. The number of hydrogen-bond donors (Lipinski definition) is 0. The van der Waals surface area contributed by atoms with Crippen molar-refractivity contribution in [1.29, 1.82) is 0 Å². The highest BCUT2D eigenvalue weighted by molar-refractivity contribution is 5.93. The van der Waals surface area contributed by atoms with Crippen molar-refractivity contribution in [2.24, 2.45) is 5.92 Å². The molecule has 1 fully saturated rings. The van der Waals surface area contributed by atoms with E-state index in [2.05, 4.69) is 0 Å². The van der Waals surface area contributed by atoms with Crippen molar-refractivity contribution < 1.29 is 31.5 Å². The van der Waals surface area contributed by atoms with Gasteiger partial charge < -0.3 is 4.90 Å². The van der Waals surface area contributed by atoms with E-state index in [9.17, 15) is 19.2 Å². The van der Waals surface area contributed by atoms with Gasteiger partial charge >= 0.3 is 0 Å². The molecule has 0 N–H and O–H groups in total. The Bertz CT molecular complexity index is 4290. The van der Waals surface area contributed by atoms with Crippen LogP contribution in [0.2, 0.25) is 0 Å². The SMILES string of the molecule is [2H]c1cc2c(c([2H])c1[2H])-c1ccc(-c3c([2H])c([2H])c([2H])c([2H])c3N(c3cc([2H])c4c(c3)C(C)(C)c3c-4ccc([2H])c3[2H])c3cc4c(c([2H])c3[2H])C3C([2H])C([2H])C([2H])CC3C43c4c([2H])c([2H])c([2H])c([2H])c4-c4c([2H])c([2H])c([2H])c([2H])c43)cc1C2. The fourth-order valence-electron chi connectivity index (χ4n) is 10.9. The van der Waals surface area contributed by atoms with Crippen molar-refractivity contribution in [3.8, 4) is 44.5 Å². The van der Waals surface area contributed by atoms with Crippen LogP contribution in [0.3, 0.4) is 0 Å². The summed E-state index contributed by atoms with van der Waals surface area (Å²) in [6.45, 7) is 3.63. The lowest BCUT2D eigenvalue weighted by atomic mass is 9.63. The highest BCUT2D eigenvalue weighted by atomic mass is 15.1. The van der Waals surface area contributed by atoms with Crippen LogP contribution in [0.15, 0.2) is 175 Å². The highest BCUT2D eigenvalue weighted by Gasteiger charge is 2.58. The predicted molar refractivity (Wildman–Crippen MR) is 249 cm³/mol. The molecule has 1 heteroatoms. The zero-order valence-corrected chi connectivity index (χ0v) is 32.4. The lowest BCUT2D eigenvalue weighted by molar-refractivity contribution is 0.265. The van der Waals surface area contributed by atoms with E-state index >= 15 is 0 Å². The van der Waals surface area contributed by atoms with Gasteiger partial charge in [-0.15, -0.1) is 0 Å². The molecule has 0 heterocycles. The van der Waals surface area contributed by atoms with Gasteiger partial charge in [0, 0.05) is 26.5 Å². The largest absolute Gasteiger partial charge is 0.310 e. The Balaban J connectivity index is 1.19. The highest BCUT2D eigenvalue weighted by Crippen LogP contribution is 2.67. The van der Waals surface area contributed by atoms with E-state index in [4.69, 9.17) is 12.3 Å². The van der Waals surface area contributed by atoms with Crippen molar-refractivity contribution >= 4 is 17.1 Å². The average Bonchev–Trinajstić information content (AvgIpc) is 1.50. The van der Waals surface area contributed by atoms with Crippen LogP contribution >= 0.6 is 0 Å². The number of fused-ring (bicyclic) bond motifs is 16. The Hall–Kier alpha value is -6.44. The molecule has 8 aromatic carbocycles. The molecule has 60 heavy (non-hydrogen) atoms. The van der Waals surface area contributed by atoms with Crippen molar-refractivity contribution in [3.63, 3.8) is 0 Å². The van der Waals surface area contributed by atoms with Gasteiger partial charge in [-0.2, -0.15) is 0 Å². The molecule has 0 aliphatic heterocycles. The Morgan fingerprint density at radius 2 is 1.25 bits per heavy atom. The number of hydrogen-bond acceptors (Lipinski definition) is 1. The summed E-state index contributed by atoms with van der Waals surface area (Å²) in [5, 5.41) is 0. The Kier molecular flexibility index (Phi) is 3.94. The van der Waals surface area contributed by atoms with Gasteiger partial charge in [-0.05, 0) is 145 Å². The van der Waals surface area contributed by atoms with Crippen LogP contribution in [0.4, 0.5) is 17.1 Å². The molecular weight excluding hydrogens is 723 g/mol. The summed E-state index contributed by atoms with van der Waals surface area (Å²) >= 11 is 0. The zero-order chi connectivity index (χ0) is 59.8. The first-order valence-corrected chi connectivity index (χ1v) is 20.1. The van der Waals surface area contributed by atoms with Gasteiger partial charge in [0.25, 0.3) is 0 Å². The van der Waals surface area contributed by atoms with Crippen LogP contribution in [-0.2, 0) is 17.3 Å². The molecule has 1 saturated carbocycles. The number of rotatable bonds is 4. The second kappa shape index (κ2) is 12.5. The molecular formula is C59H47N. The van der Waals surface area contributed by atoms with Crippen molar-refractivity contribution in [2.45, 2.75) is 62.6 Å². The number of benzene rings is 8. The molecule has 5 aliphatic carbocycles. The molecule has 1 spiro atoms. The summed E-state index contributed by atoms with van der Waals surface area (Å²) in [6, 6.07) is 3.92. The second-order valence-electron chi connectivity index (χ2n) is 16.6. The van der Waals surface area contributed by atoms with E-state index in [1.165, 1.54) is 29.2 Å². The standard InChI is InChI=1S/C59H47N/c1-58(2)51-22-10-5-18-45(51)49-31-28-40(35-55(49)58)60(57-26-14-9-17-44(57)38-27-30-43-39(34-38)33-37-15-3-4-16-42(37)43)41-29-32-50-48-21-8-13-25-54(48)59(56(50)36-41)52-23-11-6-19-46(52)47-20-7-12-24-53(47)59/h3-7,9-12,14-20,22-24,26-32,34-36,48,54H,8,13,21,25,33H2,1-2H3/i3D,4D,6D,7D,8D,9D,10D,11D,12D,13D,14D,16D,17D,19D,20D,21D,22D,23D,24D,26D,29D,31D,32D. The molecule has 288 valence electrons. The summed E-state index contributed by atoms with van der Waals surface area (Å²) in [6.07, 6.45) is -4.35. The normalized spacial score (nSPS) is 27.8. The first-order valence-electron chi connectivity index (χ1n) is 31.8. The molecule has 1 nitrogen and oxygen atoms in total. The minimum atomic E-state index is -2.16. The van der Waals surface area contributed by atoms with Gasteiger partial charge in [-0.25, -0.2) is 0 Å². The fraction of sp³-hybridized carbons (Fsp3) is 0.186. The quantitative estimate of drug-likeness (QED) is 0.172. The summed E-state index contributed by atoms with van der Waals surface area (Å²) in [4.78, 5) is 1.32. The second-order valence-corrected chi connectivity index (χ2v) is 16.6. The average molecular weight is 793 g/mol. The van der Waals surface area contributed by atoms with Crippen LogP contribution in [0.5, 0.6) is 0 Å². The van der Waals surface area contributed by atoms with E-state index in [0.717, 1.165) is 0 Å². The predicted octanol–water partition coefficient (Wildman–Crippen LogP) is 15.3. The van der Waals surface area contributed by atoms with E-state index < -0.39 is 126 Å². The zero-order valence-electron chi connectivity index (χ0n) is 55.4. The smallest absolute Gasteiger partial charge is 0.0645 e. The van der Waals surface area contributed by atoms with E-state index in [0.29, 0.717) is 44.5 Å².